The normalized spacial score (nSPS) is 15.6. The molecule has 0 unspecified atom stereocenters. The minimum atomic E-state index is -0.219. The first-order chi connectivity index (χ1) is 13.2. The largest absolute Gasteiger partial charge is 0.496 e. The summed E-state index contributed by atoms with van der Waals surface area (Å²) < 4.78 is 11.7. The number of benzene rings is 2. The van der Waals surface area contributed by atoms with Gasteiger partial charge in [-0.05, 0) is 59.2 Å². The van der Waals surface area contributed by atoms with E-state index in [0.717, 1.165) is 18.8 Å². The van der Waals surface area contributed by atoms with Gasteiger partial charge in [-0.25, -0.2) is 0 Å². The lowest BCUT2D eigenvalue weighted by Crippen LogP contribution is -2.39. The van der Waals surface area contributed by atoms with Crippen LogP contribution in [0.2, 0.25) is 0 Å². The number of halogens is 1. The quantitative estimate of drug-likeness (QED) is 0.714. The SMILES string of the molecule is CCOc1cc(OC)c(C(=O)Nc2ccc3c(c2)CN(C)CC3(C)C)cc1Br. The van der Waals surface area contributed by atoms with Gasteiger partial charge in [0.05, 0.1) is 23.8 Å². The molecule has 0 radical (unpaired) electrons. The number of rotatable bonds is 5. The van der Waals surface area contributed by atoms with E-state index in [1.807, 2.05) is 13.0 Å². The van der Waals surface area contributed by atoms with Crippen LogP contribution in [0.3, 0.4) is 0 Å². The first kappa shape index (κ1) is 20.7. The number of ether oxygens (including phenoxy) is 2. The molecule has 1 amide bonds. The van der Waals surface area contributed by atoms with E-state index >= 15 is 0 Å². The minimum Gasteiger partial charge on any atom is -0.496 e. The van der Waals surface area contributed by atoms with Crippen LogP contribution in [0.1, 0.15) is 42.3 Å². The molecule has 0 spiro atoms. The Labute approximate surface area is 175 Å². The number of amides is 1. The lowest BCUT2D eigenvalue weighted by molar-refractivity contribution is 0.102. The monoisotopic (exact) mass is 446 g/mol. The number of hydrogen-bond donors (Lipinski definition) is 1. The van der Waals surface area contributed by atoms with Crippen LogP contribution in [0.5, 0.6) is 11.5 Å². The van der Waals surface area contributed by atoms with Crippen molar-refractivity contribution in [3.8, 4) is 11.5 Å². The van der Waals surface area contributed by atoms with Gasteiger partial charge >= 0.3 is 0 Å². The average Bonchev–Trinajstić information content (AvgIpc) is 2.62. The molecule has 6 heteroatoms. The van der Waals surface area contributed by atoms with Gasteiger partial charge in [0.2, 0.25) is 0 Å². The molecule has 2 aromatic carbocycles. The highest BCUT2D eigenvalue weighted by Crippen LogP contribution is 2.35. The third-order valence-corrected chi connectivity index (χ3v) is 5.62. The molecular weight excluding hydrogens is 420 g/mol. The summed E-state index contributed by atoms with van der Waals surface area (Å²) in [6.07, 6.45) is 0. The molecule has 0 saturated heterocycles. The summed E-state index contributed by atoms with van der Waals surface area (Å²) in [7, 11) is 3.67. The number of fused-ring (bicyclic) bond motifs is 1. The molecular formula is C22H27BrN2O3. The Kier molecular flexibility index (Phi) is 6.01. The fraction of sp³-hybridized carbons (Fsp3) is 0.409. The zero-order valence-corrected chi connectivity index (χ0v) is 18.6. The number of carbonyl (C=O) groups excluding carboxylic acids is 1. The van der Waals surface area contributed by atoms with Crippen LogP contribution >= 0.6 is 15.9 Å². The van der Waals surface area contributed by atoms with Crippen molar-refractivity contribution in [2.45, 2.75) is 32.7 Å². The van der Waals surface area contributed by atoms with Crippen molar-refractivity contribution in [3.63, 3.8) is 0 Å². The molecule has 2 aromatic rings. The number of likely N-dealkylation sites (N-methyl/N-ethyl adjacent to an activating group) is 1. The summed E-state index contributed by atoms with van der Waals surface area (Å²) in [5.41, 5.74) is 3.91. The Morgan fingerprint density at radius 2 is 2.00 bits per heavy atom. The summed E-state index contributed by atoms with van der Waals surface area (Å²) in [6.45, 7) is 8.84. The Balaban J connectivity index is 1.88. The fourth-order valence-corrected chi connectivity index (χ4v) is 4.37. The van der Waals surface area contributed by atoms with Crippen molar-refractivity contribution < 1.29 is 14.3 Å². The zero-order chi connectivity index (χ0) is 20.5. The molecule has 0 aromatic heterocycles. The second-order valence-corrected chi connectivity index (χ2v) is 8.65. The molecule has 3 rings (SSSR count). The van der Waals surface area contributed by atoms with Crippen molar-refractivity contribution in [1.82, 2.24) is 4.90 Å². The molecule has 150 valence electrons. The first-order valence-electron chi connectivity index (χ1n) is 9.38. The average molecular weight is 447 g/mol. The predicted octanol–water partition coefficient (Wildman–Crippen LogP) is 4.83. The number of nitrogens with zero attached hydrogens (tertiary/aromatic N) is 1. The van der Waals surface area contributed by atoms with Crippen LogP contribution in [0.25, 0.3) is 0 Å². The first-order valence-corrected chi connectivity index (χ1v) is 10.2. The second-order valence-electron chi connectivity index (χ2n) is 7.80. The van der Waals surface area contributed by atoms with E-state index in [1.165, 1.54) is 11.1 Å². The lowest BCUT2D eigenvalue weighted by Gasteiger charge is -2.38. The van der Waals surface area contributed by atoms with Gasteiger partial charge < -0.3 is 19.7 Å². The third kappa shape index (κ3) is 4.18. The Hall–Kier alpha value is -2.05. The van der Waals surface area contributed by atoms with Gasteiger partial charge in [-0.2, -0.15) is 0 Å². The van der Waals surface area contributed by atoms with E-state index in [1.54, 1.807) is 19.2 Å². The number of nitrogens with one attached hydrogen (secondary N) is 1. The number of anilines is 1. The highest BCUT2D eigenvalue weighted by Gasteiger charge is 2.30. The maximum absolute atomic E-state index is 12.9. The number of hydrogen-bond acceptors (Lipinski definition) is 4. The van der Waals surface area contributed by atoms with Crippen LogP contribution in [0, 0.1) is 0 Å². The molecule has 1 heterocycles. The van der Waals surface area contributed by atoms with E-state index in [4.69, 9.17) is 9.47 Å². The van der Waals surface area contributed by atoms with Crippen LogP contribution in [0.4, 0.5) is 5.69 Å². The molecule has 0 fully saturated rings. The molecule has 28 heavy (non-hydrogen) atoms. The van der Waals surface area contributed by atoms with Gasteiger partial charge in [0.25, 0.3) is 5.91 Å². The predicted molar refractivity (Wildman–Crippen MR) is 116 cm³/mol. The van der Waals surface area contributed by atoms with Gasteiger partial charge in [0.1, 0.15) is 11.5 Å². The van der Waals surface area contributed by atoms with E-state index in [2.05, 4.69) is 59.2 Å². The zero-order valence-electron chi connectivity index (χ0n) is 17.1. The summed E-state index contributed by atoms with van der Waals surface area (Å²) in [5, 5.41) is 3.00. The lowest BCUT2D eigenvalue weighted by atomic mass is 9.78. The van der Waals surface area contributed by atoms with Gasteiger partial charge in [0.15, 0.2) is 0 Å². The Morgan fingerprint density at radius 3 is 2.68 bits per heavy atom. The van der Waals surface area contributed by atoms with E-state index in [9.17, 15) is 4.79 Å². The van der Waals surface area contributed by atoms with Gasteiger partial charge in [-0.3, -0.25) is 4.79 Å². The summed E-state index contributed by atoms with van der Waals surface area (Å²) in [6, 6.07) is 9.63. The van der Waals surface area contributed by atoms with Crippen LogP contribution in [-0.4, -0.2) is 38.1 Å². The van der Waals surface area contributed by atoms with Gasteiger partial charge in [0, 0.05) is 30.3 Å². The molecule has 0 saturated carbocycles. The topological polar surface area (TPSA) is 50.8 Å². The Bertz CT molecular complexity index is 896. The maximum atomic E-state index is 12.9. The minimum absolute atomic E-state index is 0.0913. The van der Waals surface area contributed by atoms with Gasteiger partial charge in [-0.15, -0.1) is 0 Å². The van der Waals surface area contributed by atoms with Crippen molar-refractivity contribution in [2.75, 3.05) is 32.6 Å². The highest BCUT2D eigenvalue weighted by atomic mass is 79.9. The van der Waals surface area contributed by atoms with Crippen LogP contribution < -0.4 is 14.8 Å². The van der Waals surface area contributed by atoms with Crippen molar-refractivity contribution in [3.05, 3.63) is 51.5 Å². The summed E-state index contributed by atoms with van der Waals surface area (Å²) in [4.78, 5) is 15.2. The third-order valence-electron chi connectivity index (χ3n) is 5.00. The van der Waals surface area contributed by atoms with Crippen LogP contribution in [0.15, 0.2) is 34.8 Å². The second kappa shape index (κ2) is 8.13. The molecule has 0 atom stereocenters. The highest BCUT2D eigenvalue weighted by molar-refractivity contribution is 9.10. The number of carbonyl (C=O) groups is 1. The molecule has 0 aliphatic carbocycles. The van der Waals surface area contributed by atoms with Gasteiger partial charge in [-0.1, -0.05) is 19.9 Å². The standard InChI is InChI=1S/C22H27BrN2O3/c1-6-28-20-11-19(27-5)16(10-18(20)23)21(26)24-15-7-8-17-14(9-15)12-25(4)13-22(17,2)3/h7-11H,6,12-13H2,1-5H3,(H,24,26). The number of methoxy groups -OCH3 is 1. The van der Waals surface area contributed by atoms with E-state index in [-0.39, 0.29) is 11.3 Å². The van der Waals surface area contributed by atoms with E-state index < -0.39 is 0 Å². The maximum Gasteiger partial charge on any atom is 0.259 e. The molecule has 1 aliphatic heterocycles. The fourth-order valence-electron chi connectivity index (χ4n) is 3.91. The molecule has 5 nitrogen and oxygen atoms in total. The molecule has 1 aliphatic rings. The summed E-state index contributed by atoms with van der Waals surface area (Å²) >= 11 is 3.47. The van der Waals surface area contributed by atoms with Crippen molar-refractivity contribution in [1.29, 1.82) is 0 Å². The van der Waals surface area contributed by atoms with E-state index in [0.29, 0.717) is 28.1 Å². The molecule has 0 bridgehead atoms. The molecule has 1 N–H and O–H groups in total. The summed E-state index contributed by atoms with van der Waals surface area (Å²) in [5.74, 6) is 0.905. The Morgan fingerprint density at radius 1 is 1.25 bits per heavy atom. The van der Waals surface area contributed by atoms with Crippen molar-refractivity contribution >= 4 is 27.5 Å². The van der Waals surface area contributed by atoms with Crippen molar-refractivity contribution in [2.24, 2.45) is 0 Å². The van der Waals surface area contributed by atoms with Crippen LogP contribution in [-0.2, 0) is 12.0 Å². The smallest absolute Gasteiger partial charge is 0.259 e.